The quantitative estimate of drug-likeness (QED) is 0.360. The molecule has 0 spiro atoms. The van der Waals surface area contributed by atoms with Crippen LogP contribution >= 0.6 is 12.8 Å². The van der Waals surface area contributed by atoms with E-state index in [2.05, 4.69) is 29.8 Å². The highest BCUT2D eigenvalue weighted by atomic mass is 32.1. The molecule has 0 heterocycles. The Hall–Kier alpha value is 0.270. The van der Waals surface area contributed by atoms with E-state index in [1.165, 1.54) is 0 Å². The molecule has 0 aromatic heterocycles. The van der Waals surface area contributed by atoms with E-state index < -0.39 is 0 Å². The van der Waals surface area contributed by atoms with Gasteiger partial charge in [0.15, 0.2) is 0 Å². The second-order valence-corrected chi connectivity index (χ2v) is 1.58. The van der Waals surface area contributed by atoms with Gasteiger partial charge in [-0.1, -0.05) is 19.7 Å². The predicted octanol–water partition coefficient (Wildman–Crippen LogP) is 0.0303. The molecule has 0 unspecified atom stereocenters. The van der Waals surface area contributed by atoms with Gasteiger partial charge in [0, 0.05) is 13.1 Å². The normalized spacial score (nSPS) is 9.43. The molecule has 0 aromatic carbocycles. The van der Waals surface area contributed by atoms with E-state index in [4.69, 9.17) is 0 Å². The second kappa shape index (κ2) is 6.27. The first-order valence-electron chi connectivity index (χ1n) is 2.49. The van der Waals surface area contributed by atoms with Gasteiger partial charge in [-0.05, 0) is 6.54 Å². The molecular weight excluding hydrogens is 108 g/mol. The Morgan fingerprint density at radius 2 is 2.14 bits per heavy atom. The van der Waals surface area contributed by atoms with Crippen LogP contribution < -0.4 is 10.0 Å². The predicted molar refractivity (Wildman–Crippen MR) is 35.5 cm³/mol. The van der Waals surface area contributed by atoms with Gasteiger partial charge in [-0.2, -0.15) is 0 Å². The Labute approximate surface area is 50.2 Å². The molecule has 0 rings (SSSR count). The van der Waals surface area contributed by atoms with E-state index in [0.717, 1.165) is 19.6 Å². The molecule has 0 aliphatic heterocycles. The van der Waals surface area contributed by atoms with Crippen LogP contribution in [-0.2, 0) is 0 Å². The van der Waals surface area contributed by atoms with Crippen LogP contribution in [0.2, 0.25) is 0 Å². The Balaban J connectivity index is 2.45. The fourth-order valence-electron chi connectivity index (χ4n) is 0.321. The van der Waals surface area contributed by atoms with Crippen molar-refractivity contribution >= 4 is 12.8 Å². The summed E-state index contributed by atoms with van der Waals surface area (Å²) in [5.41, 5.74) is 0. The number of hydrogen-bond acceptors (Lipinski definition) is 3. The lowest BCUT2D eigenvalue weighted by Gasteiger charge is -1.96. The lowest BCUT2D eigenvalue weighted by atomic mass is 10.6. The Kier molecular flexibility index (Phi) is 6.51. The standard InChI is InChI=1S/C4H12N2S/c1-2-5-3-4-6-7/h5-7H,2-4H2,1H3. The molecule has 7 heavy (non-hydrogen) atoms. The second-order valence-electron chi connectivity index (χ2n) is 1.26. The fourth-order valence-corrected chi connectivity index (χ4v) is 0.433. The molecule has 0 radical (unpaired) electrons. The number of rotatable bonds is 4. The van der Waals surface area contributed by atoms with Crippen molar-refractivity contribution in [1.82, 2.24) is 10.0 Å². The van der Waals surface area contributed by atoms with Crippen LogP contribution in [-0.4, -0.2) is 19.6 Å². The van der Waals surface area contributed by atoms with Crippen LogP contribution in [0.3, 0.4) is 0 Å². The zero-order valence-corrected chi connectivity index (χ0v) is 5.46. The highest BCUT2D eigenvalue weighted by Gasteiger charge is 1.76. The van der Waals surface area contributed by atoms with E-state index in [1.54, 1.807) is 0 Å². The maximum Gasteiger partial charge on any atom is 0.0182 e. The monoisotopic (exact) mass is 120 g/mol. The third-order valence-electron chi connectivity index (χ3n) is 0.664. The lowest BCUT2D eigenvalue weighted by Crippen LogP contribution is -2.21. The summed E-state index contributed by atoms with van der Waals surface area (Å²) >= 11 is 3.80. The molecule has 0 saturated heterocycles. The minimum atomic E-state index is 0.928. The molecule has 0 bridgehead atoms. The van der Waals surface area contributed by atoms with Crippen molar-refractivity contribution in [3.63, 3.8) is 0 Å². The average Bonchev–Trinajstić information content (AvgIpc) is 1.69. The van der Waals surface area contributed by atoms with Crippen LogP contribution in [0, 0.1) is 0 Å². The number of likely N-dealkylation sites (N-methyl/N-ethyl adjacent to an activating group) is 1. The van der Waals surface area contributed by atoms with Crippen LogP contribution in [0.25, 0.3) is 0 Å². The molecular formula is C4H12N2S. The summed E-state index contributed by atoms with van der Waals surface area (Å²) in [5.74, 6) is 0. The van der Waals surface area contributed by atoms with Crippen molar-refractivity contribution in [2.24, 2.45) is 0 Å². The summed E-state index contributed by atoms with van der Waals surface area (Å²) < 4.78 is 2.73. The first kappa shape index (κ1) is 7.27. The van der Waals surface area contributed by atoms with Gasteiger partial charge in [-0.25, -0.2) is 0 Å². The molecule has 0 aliphatic carbocycles. The molecule has 0 fully saturated rings. The van der Waals surface area contributed by atoms with Gasteiger partial charge < -0.3 is 5.32 Å². The first-order valence-corrected chi connectivity index (χ1v) is 2.94. The molecule has 0 aliphatic rings. The third kappa shape index (κ3) is 6.27. The van der Waals surface area contributed by atoms with Crippen molar-refractivity contribution in [1.29, 1.82) is 0 Å². The first-order chi connectivity index (χ1) is 3.41. The number of nitrogens with one attached hydrogen (secondary N) is 2. The highest BCUT2D eigenvalue weighted by molar-refractivity contribution is 7.78. The van der Waals surface area contributed by atoms with Crippen molar-refractivity contribution in [2.75, 3.05) is 19.6 Å². The van der Waals surface area contributed by atoms with Gasteiger partial charge in [-0.3, -0.25) is 4.72 Å². The summed E-state index contributed by atoms with van der Waals surface area (Å²) in [6, 6.07) is 0. The molecule has 44 valence electrons. The smallest absolute Gasteiger partial charge is 0.0182 e. The zero-order valence-electron chi connectivity index (χ0n) is 4.57. The highest BCUT2D eigenvalue weighted by Crippen LogP contribution is 1.58. The SMILES string of the molecule is CCNCCNS. The van der Waals surface area contributed by atoms with Crippen molar-refractivity contribution in [3.05, 3.63) is 0 Å². The molecule has 2 nitrogen and oxygen atoms in total. The zero-order chi connectivity index (χ0) is 5.54. The van der Waals surface area contributed by atoms with Crippen LogP contribution in [0.15, 0.2) is 0 Å². The van der Waals surface area contributed by atoms with E-state index in [-0.39, 0.29) is 0 Å². The number of hydrogen-bond donors (Lipinski definition) is 3. The van der Waals surface area contributed by atoms with Gasteiger partial charge >= 0.3 is 0 Å². The van der Waals surface area contributed by atoms with Gasteiger partial charge in [-0.15, -0.1) is 0 Å². The number of thiol groups is 1. The van der Waals surface area contributed by atoms with E-state index in [1.807, 2.05) is 0 Å². The largest absolute Gasteiger partial charge is 0.316 e. The molecule has 0 aromatic rings. The van der Waals surface area contributed by atoms with Crippen LogP contribution in [0.1, 0.15) is 6.92 Å². The average molecular weight is 120 g/mol. The molecule has 3 heteroatoms. The minimum Gasteiger partial charge on any atom is -0.316 e. The fraction of sp³-hybridized carbons (Fsp3) is 1.00. The minimum absolute atomic E-state index is 0.928. The van der Waals surface area contributed by atoms with E-state index >= 15 is 0 Å². The maximum atomic E-state index is 3.80. The van der Waals surface area contributed by atoms with Crippen LogP contribution in [0.5, 0.6) is 0 Å². The third-order valence-corrected chi connectivity index (χ3v) is 0.887. The van der Waals surface area contributed by atoms with Crippen molar-refractivity contribution < 1.29 is 0 Å². The summed E-state index contributed by atoms with van der Waals surface area (Å²) in [5, 5.41) is 3.14. The summed E-state index contributed by atoms with van der Waals surface area (Å²) in [6.07, 6.45) is 0. The summed E-state index contributed by atoms with van der Waals surface area (Å²) in [7, 11) is 0. The topological polar surface area (TPSA) is 24.1 Å². The van der Waals surface area contributed by atoms with Gasteiger partial charge in [0.1, 0.15) is 0 Å². The van der Waals surface area contributed by atoms with Gasteiger partial charge in [0.25, 0.3) is 0 Å². The lowest BCUT2D eigenvalue weighted by molar-refractivity contribution is 0.710. The Morgan fingerprint density at radius 3 is 2.57 bits per heavy atom. The van der Waals surface area contributed by atoms with Crippen LogP contribution in [0.4, 0.5) is 0 Å². The van der Waals surface area contributed by atoms with E-state index in [0.29, 0.717) is 0 Å². The molecule has 2 N–H and O–H groups in total. The maximum absolute atomic E-state index is 3.80. The summed E-state index contributed by atoms with van der Waals surface area (Å²) in [6.45, 7) is 5.05. The van der Waals surface area contributed by atoms with Crippen molar-refractivity contribution in [3.8, 4) is 0 Å². The van der Waals surface area contributed by atoms with Gasteiger partial charge in [0.05, 0.1) is 0 Å². The summed E-state index contributed by atoms with van der Waals surface area (Å²) in [4.78, 5) is 0. The Bertz CT molecular complexity index is 28.9. The van der Waals surface area contributed by atoms with Gasteiger partial charge in [0.2, 0.25) is 0 Å². The molecule has 0 saturated carbocycles. The molecule has 0 atom stereocenters. The molecule has 0 amide bonds. The van der Waals surface area contributed by atoms with Crippen molar-refractivity contribution in [2.45, 2.75) is 6.92 Å². The Morgan fingerprint density at radius 1 is 1.43 bits per heavy atom. The van der Waals surface area contributed by atoms with E-state index in [9.17, 15) is 0 Å².